The molecular weight excluding hydrogens is 268 g/mol. The number of nitrogens with one attached hydrogen (secondary N) is 1. The highest BCUT2D eigenvalue weighted by Crippen LogP contribution is 2.24. The van der Waals surface area contributed by atoms with Crippen molar-refractivity contribution in [3.05, 3.63) is 34.9 Å². The fourth-order valence-electron chi connectivity index (χ4n) is 2.47. The van der Waals surface area contributed by atoms with E-state index in [9.17, 15) is 0 Å². The molecule has 0 aliphatic carbocycles. The van der Waals surface area contributed by atoms with Crippen LogP contribution < -0.4 is 5.32 Å². The van der Waals surface area contributed by atoms with Crippen LogP contribution in [0.5, 0.6) is 0 Å². The van der Waals surface area contributed by atoms with E-state index in [2.05, 4.69) is 57.1 Å². The van der Waals surface area contributed by atoms with Crippen molar-refractivity contribution in [2.24, 2.45) is 0 Å². The normalized spacial score (nSPS) is 14.8. The van der Waals surface area contributed by atoms with Crippen molar-refractivity contribution in [1.82, 2.24) is 10.2 Å². The zero-order chi connectivity index (χ0) is 15.1. The zero-order valence-corrected chi connectivity index (χ0v) is 14.2. The molecule has 0 aliphatic rings. The van der Waals surface area contributed by atoms with Gasteiger partial charge in [-0.2, -0.15) is 0 Å². The third-order valence-electron chi connectivity index (χ3n) is 3.90. The molecule has 0 saturated heterocycles. The molecular formula is C17H29ClN2. The van der Waals surface area contributed by atoms with Gasteiger partial charge in [-0.25, -0.2) is 0 Å². The van der Waals surface area contributed by atoms with Crippen LogP contribution >= 0.6 is 11.6 Å². The lowest BCUT2D eigenvalue weighted by atomic mass is 10.0. The van der Waals surface area contributed by atoms with E-state index in [0.717, 1.165) is 11.6 Å². The third-order valence-corrected chi connectivity index (χ3v) is 4.14. The maximum atomic E-state index is 6.11. The summed E-state index contributed by atoms with van der Waals surface area (Å²) >= 11 is 6.11. The van der Waals surface area contributed by atoms with Crippen molar-refractivity contribution in [3.8, 4) is 0 Å². The molecule has 0 aromatic heterocycles. The van der Waals surface area contributed by atoms with E-state index in [4.69, 9.17) is 11.6 Å². The molecule has 2 atom stereocenters. The quantitative estimate of drug-likeness (QED) is 0.760. The maximum absolute atomic E-state index is 6.11. The van der Waals surface area contributed by atoms with Gasteiger partial charge in [0.1, 0.15) is 0 Å². The average molecular weight is 297 g/mol. The van der Waals surface area contributed by atoms with Crippen LogP contribution in [0.4, 0.5) is 0 Å². The summed E-state index contributed by atoms with van der Waals surface area (Å²) in [7, 11) is 2.22. The molecule has 0 fully saturated rings. The molecule has 0 saturated carbocycles. The lowest BCUT2D eigenvalue weighted by Gasteiger charge is -2.34. The van der Waals surface area contributed by atoms with Crippen LogP contribution in [-0.2, 0) is 0 Å². The smallest absolute Gasteiger partial charge is 0.0409 e. The van der Waals surface area contributed by atoms with Gasteiger partial charge in [0.05, 0.1) is 0 Å². The highest BCUT2D eigenvalue weighted by molar-refractivity contribution is 6.30. The molecule has 0 amide bonds. The minimum absolute atomic E-state index is 0.374. The van der Waals surface area contributed by atoms with Crippen molar-refractivity contribution in [2.45, 2.75) is 58.7 Å². The van der Waals surface area contributed by atoms with Gasteiger partial charge in [-0.1, -0.05) is 50.9 Å². The van der Waals surface area contributed by atoms with E-state index in [1.165, 1.54) is 18.4 Å². The van der Waals surface area contributed by atoms with E-state index in [-0.39, 0.29) is 0 Å². The van der Waals surface area contributed by atoms with Gasteiger partial charge in [-0.15, -0.1) is 0 Å². The number of likely N-dealkylation sites (N-methyl/N-ethyl adjacent to an activating group) is 1. The lowest BCUT2D eigenvalue weighted by Crippen LogP contribution is -2.43. The second kappa shape index (κ2) is 8.66. The molecule has 2 nitrogen and oxygen atoms in total. The number of nitrogens with zero attached hydrogens (tertiary/aromatic N) is 1. The Hall–Kier alpha value is -0.570. The highest BCUT2D eigenvalue weighted by Gasteiger charge is 2.20. The first kappa shape index (κ1) is 17.5. The van der Waals surface area contributed by atoms with Gasteiger partial charge in [0.25, 0.3) is 0 Å². The third kappa shape index (κ3) is 5.43. The standard InChI is InChI=1S/C17H29ClN2/c1-6-8-17(12-19-13(2)3)20(5)14(4)15-9-7-10-16(18)11-15/h7,9-11,13-14,17,19H,6,8,12H2,1-5H3. The van der Waals surface area contributed by atoms with Crippen LogP contribution in [0.3, 0.4) is 0 Å². The van der Waals surface area contributed by atoms with Crippen molar-refractivity contribution in [2.75, 3.05) is 13.6 Å². The summed E-state index contributed by atoms with van der Waals surface area (Å²) in [4.78, 5) is 2.46. The topological polar surface area (TPSA) is 15.3 Å². The SMILES string of the molecule is CCCC(CNC(C)C)N(C)C(C)c1cccc(Cl)c1. The first-order chi connectivity index (χ1) is 9.45. The van der Waals surface area contributed by atoms with Crippen LogP contribution in [0.15, 0.2) is 24.3 Å². The molecule has 114 valence electrons. The van der Waals surface area contributed by atoms with Crippen LogP contribution in [0.1, 0.15) is 52.1 Å². The summed E-state index contributed by atoms with van der Waals surface area (Å²) in [5.41, 5.74) is 1.28. The van der Waals surface area contributed by atoms with Gasteiger partial charge >= 0.3 is 0 Å². The summed E-state index contributed by atoms with van der Waals surface area (Å²) in [5.74, 6) is 0. The minimum Gasteiger partial charge on any atom is -0.313 e. The molecule has 0 heterocycles. The summed E-state index contributed by atoms with van der Waals surface area (Å²) in [5, 5.41) is 4.38. The van der Waals surface area contributed by atoms with E-state index >= 15 is 0 Å². The van der Waals surface area contributed by atoms with E-state index < -0.39 is 0 Å². The van der Waals surface area contributed by atoms with Gasteiger partial charge in [0, 0.05) is 29.7 Å². The van der Waals surface area contributed by atoms with Gasteiger partial charge in [-0.3, -0.25) is 4.90 Å². The van der Waals surface area contributed by atoms with Gasteiger partial charge in [0.15, 0.2) is 0 Å². The van der Waals surface area contributed by atoms with Crippen molar-refractivity contribution < 1.29 is 0 Å². The Kier molecular flexibility index (Phi) is 7.57. The number of hydrogen-bond donors (Lipinski definition) is 1. The van der Waals surface area contributed by atoms with Crippen molar-refractivity contribution in [3.63, 3.8) is 0 Å². The van der Waals surface area contributed by atoms with Gasteiger partial charge < -0.3 is 5.32 Å². The van der Waals surface area contributed by atoms with Gasteiger partial charge in [0.2, 0.25) is 0 Å². The van der Waals surface area contributed by atoms with Crippen LogP contribution in [0.25, 0.3) is 0 Å². The van der Waals surface area contributed by atoms with E-state index in [0.29, 0.717) is 18.1 Å². The second-order valence-electron chi connectivity index (χ2n) is 5.90. The second-order valence-corrected chi connectivity index (χ2v) is 6.34. The molecule has 1 rings (SSSR count). The van der Waals surface area contributed by atoms with Gasteiger partial charge in [-0.05, 0) is 38.1 Å². The summed E-state index contributed by atoms with van der Waals surface area (Å²) in [6.45, 7) is 9.93. The molecule has 20 heavy (non-hydrogen) atoms. The molecule has 0 aliphatic heterocycles. The molecule has 0 spiro atoms. The van der Waals surface area contributed by atoms with Crippen LogP contribution in [0, 0.1) is 0 Å². The van der Waals surface area contributed by atoms with Crippen LogP contribution in [-0.4, -0.2) is 30.6 Å². The van der Waals surface area contributed by atoms with E-state index in [1.54, 1.807) is 0 Å². The molecule has 0 bridgehead atoms. The van der Waals surface area contributed by atoms with Crippen LogP contribution in [0.2, 0.25) is 5.02 Å². The van der Waals surface area contributed by atoms with Crippen molar-refractivity contribution >= 4 is 11.6 Å². The predicted molar refractivity (Wildman–Crippen MR) is 89.5 cm³/mol. The number of hydrogen-bond acceptors (Lipinski definition) is 2. The molecule has 0 radical (unpaired) electrons. The Morgan fingerprint density at radius 1 is 1.25 bits per heavy atom. The van der Waals surface area contributed by atoms with E-state index in [1.807, 2.05) is 12.1 Å². The monoisotopic (exact) mass is 296 g/mol. The molecule has 1 N–H and O–H groups in total. The Morgan fingerprint density at radius 2 is 1.95 bits per heavy atom. The number of benzene rings is 1. The fraction of sp³-hybridized carbons (Fsp3) is 0.647. The molecule has 1 aromatic carbocycles. The number of rotatable bonds is 8. The Bertz CT molecular complexity index is 392. The molecule has 1 aromatic rings. The first-order valence-corrected chi connectivity index (χ1v) is 8.04. The Balaban J connectivity index is 2.74. The average Bonchev–Trinajstić information content (AvgIpc) is 2.41. The predicted octanol–water partition coefficient (Wildman–Crippen LogP) is 4.50. The number of halogens is 1. The fourth-order valence-corrected chi connectivity index (χ4v) is 2.67. The Morgan fingerprint density at radius 3 is 2.50 bits per heavy atom. The Labute approximate surface area is 129 Å². The van der Waals surface area contributed by atoms with Crippen molar-refractivity contribution in [1.29, 1.82) is 0 Å². The maximum Gasteiger partial charge on any atom is 0.0409 e. The molecule has 2 unspecified atom stereocenters. The zero-order valence-electron chi connectivity index (χ0n) is 13.5. The first-order valence-electron chi connectivity index (χ1n) is 7.66. The summed E-state index contributed by atoms with van der Waals surface area (Å²) < 4.78 is 0. The summed E-state index contributed by atoms with van der Waals surface area (Å²) in [6, 6.07) is 9.65. The summed E-state index contributed by atoms with van der Waals surface area (Å²) in [6.07, 6.45) is 2.41. The lowest BCUT2D eigenvalue weighted by molar-refractivity contribution is 0.168. The molecule has 3 heteroatoms. The highest BCUT2D eigenvalue weighted by atomic mass is 35.5. The minimum atomic E-state index is 0.374. The largest absolute Gasteiger partial charge is 0.313 e.